The molecule has 2 aromatic heterocycles. The van der Waals surface area contributed by atoms with Gasteiger partial charge < -0.3 is 19.2 Å². The molecule has 0 radical (unpaired) electrons. The SMILES string of the molecule is COc1ccc2c(CN3CCC[C@H](c4nnc5n4CCNCC5)C3)cn(C)c2c1. The minimum Gasteiger partial charge on any atom is -0.497 e. The molecule has 5 rings (SSSR count). The van der Waals surface area contributed by atoms with Gasteiger partial charge in [0.25, 0.3) is 0 Å². The molecule has 0 unspecified atom stereocenters. The normalized spacial score (nSPS) is 20.6. The molecule has 7 nitrogen and oxygen atoms in total. The van der Waals surface area contributed by atoms with Gasteiger partial charge in [-0.25, -0.2) is 0 Å². The van der Waals surface area contributed by atoms with Crippen molar-refractivity contribution in [1.82, 2.24) is 29.5 Å². The standard InChI is InChI=1S/C22H30N6O/c1-26-13-17(19-6-5-18(29-2)12-20(19)26)15-27-10-3-4-16(14-27)22-25-24-21-7-8-23-9-11-28(21)22/h5-6,12-13,16,23H,3-4,7-11,14-15H2,1-2H3/t16-/m0/s1. The number of nitrogens with zero attached hydrogens (tertiary/aromatic N) is 5. The van der Waals surface area contributed by atoms with E-state index < -0.39 is 0 Å². The van der Waals surface area contributed by atoms with E-state index in [1.54, 1.807) is 7.11 Å². The first-order valence-corrected chi connectivity index (χ1v) is 10.7. The van der Waals surface area contributed by atoms with Gasteiger partial charge in [0.1, 0.15) is 17.4 Å². The van der Waals surface area contributed by atoms with Gasteiger partial charge in [0.2, 0.25) is 0 Å². The van der Waals surface area contributed by atoms with Gasteiger partial charge in [-0.1, -0.05) is 0 Å². The number of likely N-dealkylation sites (tertiary alicyclic amines) is 1. The highest BCUT2D eigenvalue weighted by Crippen LogP contribution is 2.30. The van der Waals surface area contributed by atoms with Crippen LogP contribution in [0.5, 0.6) is 5.75 Å². The average Bonchev–Trinajstić information content (AvgIpc) is 3.19. The Bertz CT molecular complexity index is 1010. The van der Waals surface area contributed by atoms with Crippen LogP contribution in [-0.2, 0) is 26.6 Å². The van der Waals surface area contributed by atoms with Gasteiger partial charge in [-0.05, 0) is 37.1 Å². The van der Waals surface area contributed by atoms with Crippen molar-refractivity contribution in [3.8, 4) is 5.75 Å². The van der Waals surface area contributed by atoms with Crippen LogP contribution >= 0.6 is 0 Å². The van der Waals surface area contributed by atoms with Gasteiger partial charge in [-0.15, -0.1) is 10.2 Å². The van der Waals surface area contributed by atoms with E-state index in [-0.39, 0.29) is 0 Å². The lowest BCUT2D eigenvalue weighted by molar-refractivity contribution is 0.195. The van der Waals surface area contributed by atoms with Crippen LogP contribution in [0.1, 0.15) is 36.0 Å². The molecule has 1 saturated heterocycles. The topological polar surface area (TPSA) is 60.1 Å². The number of hydrogen-bond donors (Lipinski definition) is 1. The number of ether oxygens (including phenoxy) is 1. The molecule has 4 heterocycles. The lowest BCUT2D eigenvalue weighted by atomic mass is 9.96. The zero-order valence-electron chi connectivity index (χ0n) is 17.4. The average molecular weight is 395 g/mol. The summed E-state index contributed by atoms with van der Waals surface area (Å²) in [6.07, 6.45) is 5.66. The van der Waals surface area contributed by atoms with Gasteiger partial charge in [0.05, 0.1) is 12.6 Å². The highest BCUT2D eigenvalue weighted by molar-refractivity contribution is 5.85. The Balaban J connectivity index is 1.36. The fourth-order valence-electron chi connectivity index (χ4n) is 4.95. The molecular weight excluding hydrogens is 364 g/mol. The maximum Gasteiger partial charge on any atom is 0.137 e. The molecule has 1 atom stereocenters. The van der Waals surface area contributed by atoms with Crippen LogP contribution in [-0.4, -0.2) is 57.5 Å². The third-order valence-electron chi connectivity index (χ3n) is 6.44. The quantitative estimate of drug-likeness (QED) is 0.736. The van der Waals surface area contributed by atoms with Gasteiger partial charge in [-0.3, -0.25) is 4.90 Å². The van der Waals surface area contributed by atoms with E-state index in [1.807, 2.05) is 0 Å². The fourth-order valence-corrected chi connectivity index (χ4v) is 4.95. The molecule has 1 fully saturated rings. The summed E-state index contributed by atoms with van der Waals surface area (Å²) >= 11 is 0. The van der Waals surface area contributed by atoms with Crippen molar-refractivity contribution in [2.45, 2.75) is 38.3 Å². The molecular formula is C22H30N6O. The highest BCUT2D eigenvalue weighted by Gasteiger charge is 2.27. The Morgan fingerprint density at radius 1 is 1.21 bits per heavy atom. The first kappa shape index (κ1) is 18.6. The maximum absolute atomic E-state index is 5.40. The largest absolute Gasteiger partial charge is 0.497 e. The van der Waals surface area contributed by atoms with Crippen molar-refractivity contribution in [2.24, 2.45) is 7.05 Å². The number of piperidine rings is 1. The summed E-state index contributed by atoms with van der Waals surface area (Å²) in [6, 6.07) is 6.37. The van der Waals surface area contributed by atoms with Crippen molar-refractivity contribution in [2.75, 3.05) is 33.3 Å². The van der Waals surface area contributed by atoms with E-state index in [9.17, 15) is 0 Å². The van der Waals surface area contributed by atoms with Crippen LogP contribution in [0.4, 0.5) is 0 Å². The lowest BCUT2D eigenvalue weighted by Gasteiger charge is -2.32. The summed E-state index contributed by atoms with van der Waals surface area (Å²) in [5.74, 6) is 3.71. The summed E-state index contributed by atoms with van der Waals surface area (Å²) in [5.41, 5.74) is 2.61. The molecule has 3 aromatic rings. The Morgan fingerprint density at radius 3 is 3.03 bits per heavy atom. The van der Waals surface area contributed by atoms with E-state index in [2.05, 4.69) is 61.0 Å². The Morgan fingerprint density at radius 2 is 2.14 bits per heavy atom. The summed E-state index contributed by atoms with van der Waals surface area (Å²) in [5, 5.41) is 13.9. The first-order valence-electron chi connectivity index (χ1n) is 10.7. The number of fused-ring (bicyclic) bond motifs is 2. The van der Waals surface area contributed by atoms with Gasteiger partial charge in [-0.2, -0.15) is 0 Å². The van der Waals surface area contributed by atoms with E-state index in [4.69, 9.17) is 4.74 Å². The predicted octanol–water partition coefficient (Wildman–Crippen LogP) is 2.30. The maximum atomic E-state index is 5.40. The summed E-state index contributed by atoms with van der Waals surface area (Å²) in [6.45, 7) is 6.17. The minimum absolute atomic E-state index is 0.471. The zero-order chi connectivity index (χ0) is 19.8. The second kappa shape index (κ2) is 7.80. The molecule has 2 aliphatic rings. The molecule has 0 amide bonds. The van der Waals surface area contributed by atoms with Crippen molar-refractivity contribution >= 4 is 10.9 Å². The monoisotopic (exact) mass is 394 g/mol. The summed E-state index contributed by atoms with van der Waals surface area (Å²) in [4.78, 5) is 2.59. The number of methoxy groups -OCH3 is 1. The number of nitrogens with one attached hydrogen (secondary N) is 1. The molecule has 0 aliphatic carbocycles. The van der Waals surface area contributed by atoms with Crippen molar-refractivity contribution in [3.05, 3.63) is 41.6 Å². The Kier molecular flexibility index (Phi) is 5.01. The fraction of sp³-hybridized carbons (Fsp3) is 0.545. The van der Waals surface area contributed by atoms with Crippen LogP contribution in [0.25, 0.3) is 10.9 Å². The number of aryl methyl sites for hydroxylation is 1. The third-order valence-corrected chi connectivity index (χ3v) is 6.44. The van der Waals surface area contributed by atoms with Crippen LogP contribution in [0, 0.1) is 0 Å². The van der Waals surface area contributed by atoms with Crippen LogP contribution < -0.4 is 10.1 Å². The van der Waals surface area contributed by atoms with Crippen LogP contribution in [0.15, 0.2) is 24.4 Å². The number of hydrogen-bond acceptors (Lipinski definition) is 5. The van der Waals surface area contributed by atoms with Crippen molar-refractivity contribution in [1.29, 1.82) is 0 Å². The molecule has 2 aliphatic heterocycles. The zero-order valence-corrected chi connectivity index (χ0v) is 17.4. The molecule has 154 valence electrons. The second-order valence-corrected chi connectivity index (χ2v) is 8.35. The summed E-state index contributed by atoms with van der Waals surface area (Å²) < 4.78 is 9.98. The van der Waals surface area contributed by atoms with E-state index in [0.717, 1.165) is 57.3 Å². The highest BCUT2D eigenvalue weighted by atomic mass is 16.5. The molecule has 0 saturated carbocycles. The lowest BCUT2D eigenvalue weighted by Crippen LogP contribution is -2.35. The smallest absolute Gasteiger partial charge is 0.137 e. The van der Waals surface area contributed by atoms with Crippen LogP contribution in [0.3, 0.4) is 0 Å². The predicted molar refractivity (Wildman–Crippen MR) is 113 cm³/mol. The van der Waals surface area contributed by atoms with E-state index in [0.29, 0.717) is 5.92 Å². The third kappa shape index (κ3) is 3.53. The minimum atomic E-state index is 0.471. The van der Waals surface area contributed by atoms with Crippen LogP contribution in [0.2, 0.25) is 0 Å². The van der Waals surface area contributed by atoms with Crippen molar-refractivity contribution in [3.63, 3.8) is 0 Å². The molecule has 0 bridgehead atoms. The van der Waals surface area contributed by atoms with Gasteiger partial charge in [0.15, 0.2) is 0 Å². The Labute approximate surface area is 171 Å². The molecule has 1 aromatic carbocycles. The Hall–Kier alpha value is -2.38. The number of rotatable bonds is 4. The molecule has 7 heteroatoms. The first-order chi connectivity index (χ1) is 14.2. The van der Waals surface area contributed by atoms with Crippen molar-refractivity contribution < 1.29 is 4.74 Å². The van der Waals surface area contributed by atoms with E-state index >= 15 is 0 Å². The number of benzene rings is 1. The van der Waals surface area contributed by atoms with Gasteiger partial charge >= 0.3 is 0 Å². The molecule has 1 N–H and O–H groups in total. The van der Waals surface area contributed by atoms with E-state index in [1.165, 1.54) is 35.1 Å². The van der Waals surface area contributed by atoms with Gasteiger partial charge in [0, 0.05) is 69.8 Å². The summed E-state index contributed by atoms with van der Waals surface area (Å²) in [7, 11) is 3.84. The molecule has 0 spiro atoms. The number of aromatic nitrogens is 4. The molecule has 29 heavy (non-hydrogen) atoms. The second-order valence-electron chi connectivity index (χ2n) is 8.35.